The number of thioether (sulfide) groups is 1. The summed E-state index contributed by atoms with van der Waals surface area (Å²) in [5.41, 5.74) is 0.769. The molecule has 0 aromatic heterocycles. The molecule has 1 aromatic rings. The van der Waals surface area contributed by atoms with Crippen molar-refractivity contribution >= 4 is 23.8 Å². The van der Waals surface area contributed by atoms with Crippen molar-refractivity contribution in [1.29, 1.82) is 0 Å². The van der Waals surface area contributed by atoms with Gasteiger partial charge in [-0.1, -0.05) is 12.1 Å². The number of ether oxygens (including phenoxy) is 1. The molecule has 0 radical (unpaired) electrons. The lowest BCUT2D eigenvalue weighted by atomic mass is 10.2. The first-order valence-electron chi connectivity index (χ1n) is 6.42. The van der Waals surface area contributed by atoms with Gasteiger partial charge in [0.2, 0.25) is 0 Å². The van der Waals surface area contributed by atoms with E-state index in [2.05, 4.69) is 15.4 Å². The van der Waals surface area contributed by atoms with Gasteiger partial charge in [0.15, 0.2) is 0 Å². The second-order valence-corrected chi connectivity index (χ2v) is 5.30. The molecule has 7 heteroatoms. The monoisotopic (exact) mass is 314 g/mol. The van der Waals surface area contributed by atoms with E-state index >= 15 is 0 Å². The highest BCUT2D eigenvalue weighted by atomic mass is 32.2. The number of esters is 1. The van der Waals surface area contributed by atoms with Gasteiger partial charge in [0.05, 0.1) is 7.11 Å². The van der Waals surface area contributed by atoms with Crippen LogP contribution in [-0.2, 0) is 16.1 Å². The van der Waals surface area contributed by atoms with Crippen LogP contribution in [0.4, 0.5) is 9.18 Å². The highest BCUT2D eigenvalue weighted by molar-refractivity contribution is 7.98. The van der Waals surface area contributed by atoms with Crippen LogP contribution in [0.3, 0.4) is 0 Å². The molecule has 0 aliphatic rings. The fourth-order valence-corrected chi connectivity index (χ4v) is 2.09. The Kier molecular flexibility index (Phi) is 7.60. The van der Waals surface area contributed by atoms with E-state index in [-0.39, 0.29) is 12.4 Å². The van der Waals surface area contributed by atoms with E-state index in [1.807, 2.05) is 6.26 Å². The molecule has 0 fully saturated rings. The van der Waals surface area contributed by atoms with Crippen molar-refractivity contribution < 1.29 is 18.7 Å². The molecule has 0 aliphatic carbocycles. The minimum absolute atomic E-state index is 0.253. The van der Waals surface area contributed by atoms with Crippen LogP contribution < -0.4 is 10.6 Å². The molecule has 1 aromatic carbocycles. The number of hydrogen-bond donors (Lipinski definition) is 2. The Labute approximate surface area is 127 Å². The molecule has 116 valence electrons. The first-order valence-corrected chi connectivity index (χ1v) is 7.81. The van der Waals surface area contributed by atoms with Gasteiger partial charge in [-0.2, -0.15) is 11.8 Å². The lowest BCUT2D eigenvalue weighted by Crippen LogP contribution is -2.46. The van der Waals surface area contributed by atoms with Crippen LogP contribution in [0, 0.1) is 5.82 Å². The molecular weight excluding hydrogens is 295 g/mol. The second-order valence-electron chi connectivity index (χ2n) is 4.31. The Hall–Kier alpha value is -1.76. The highest BCUT2D eigenvalue weighted by Gasteiger charge is 2.20. The molecule has 2 N–H and O–H groups in total. The van der Waals surface area contributed by atoms with Crippen LogP contribution in [0.1, 0.15) is 12.0 Å². The summed E-state index contributed by atoms with van der Waals surface area (Å²) >= 11 is 1.58. The topological polar surface area (TPSA) is 67.4 Å². The molecule has 2 amide bonds. The molecule has 0 spiro atoms. The van der Waals surface area contributed by atoms with E-state index < -0.39 is 18.0 Å². The number of carbonyl (C=O) groups excluding carboxylic acids is 2. The number of methoxy groups -OCH3 is 1. The Morgan fingerprint density at radius 2 is 2.00 bits per heavy atom. The minimum Gasteiger partial charge on any atom is -0.467 e. The molecule has 5 nitrogen and oxygen atoms in total. The number of hydrogen-bond acceptors (Lipinski definition) is 4. The smallest absolute Gasteiger partial charge is 0.328 e. The van der Waals surface area contributed by atoms with Gasteiger partial charge in [-0.15, -0.1) is 0 Å². The van der Waals surface area contributed by atoms with Crippen LogP contribution in [0.2, 0.25) is 0 Å². The molecule has 21 heavy (non-hydrogen) atoms. The summed E-state index contributed by atoms with van der Waals surface area (Å²) in [7, 11) is 1.28. The minimum atomic E-state index is -0.671. The van der Waals surface area contributed by atoms with Crippen LogP contribution in [0.15, 0.2) is 24.3 Å². The van der Waals surface area contributed by atoms with E-state index in [1.54, 1.807) is 23.9 Å². The van der Waals surface area contributed by atoms with Gasteiger partial charge in [0.1, 0.15) is 11.9 Å². The van der Waals surface area contributed by atoms with Crippen molar-refractivity contribution in [3.63, 3.8) is 0 Å². The molecule has 1 rings (SSSR count). The van der Waals surface area contributed by atoms with E-state index in [1.165, 1.54) is 19.2 Å². The first kappa shape index (κ1) is 17.3. The Bertz CT molecular complexity index is 468. The zero-order valence-corrected chi connectivity index (χ0v) is 12.8. The number of amides is 2. The molecular formula is C14H19FN2O3S. The van der Waals surface area contributed by atoms with E-state index in [9.17, 15) is 14.0 Å². The van der Waals surface area contributed by atoms with Crippen molar-refractivity contribution in [3.05, 3.63) is 35.6 Å². The zero-order chi connectivity index (χ0) is 15.7. The average molecular weight is 314 g/mol. The Morgan fingerprint density at radius 1 is 1.33 bits per heavy atom. The number of nitrogens with one attached hydrogen (secondary N) is 2. The zero-order valence-electron chi connectivity index (χ0n) is 12.0. The molecule has 0 saturated heterocycles. The number of halogens is 1. The highest BCUT2D eigenvalue weighted by Crippen LogP contribution is 2.04. The van der Waals surface area contributed by atoms with E-state index in [0.717, 1.165) is 11.3 Å². The fraction of sp³-hybridized carbons (Fsp3) is 0.429. The lowest BCUT2D eigenvalue weighted by molar-refractivity contribution is -0.142. The van der Waals surface area contributed by atoms with E-state index in [4.69, 9.17) is 0 Å². The van der Waals surface area contributed by atoms with Crippen LogP contribution >= 0.6 is 11.8 Å². The van der Waals surface area contributed by atoms with Gasteiger partial charge in [0, 0.05) is 6.54 Å². The maximum atomic E-state index is 12.8. The van der Waals surface area contributed by atoms with Crippen molar-refractivity contribution in [3.8, 4) is 0 Å². The first-order chi connectivity index (χ1) is 10.1. The summed E-state index contributed by atoms with van der Waals surface area (Å²) in [6.45, 7) is 0.253. The summed E-state index contributed by atoms with van der Waals surface area (Å²) in [5.74, 6) is -0.0649. The summed E-state index contributed by atoms with van der Waals surface area (Å²) in [5, 5.41) is 5.19. The Morgan fingerprint density at radius 3 is 2.57 bits per heavy atom. The van der Waals surface area contributed by atoms with Gasteiger partial charge < -0.3 is 15.4 Å². The lowest BCUT2D eigenvalue weighted by Gasteiger charge is -2.16. The van der Waals surface area contributed by atoms with Crippen molar-refractivity contribution in [2.24, 2.45) is 0 Å². The van der Waals surface area contributed by atoms with E-state index in [0.29, 0.717) is 6.42 Å². The standard InChI is InChI=1S/C14H19FN2O3S/c1-20-13(18)12(7-8-21-2)17-14(19)16-9-10-3-5-11(15)6-4-10/h3-6,12H,7-9H2,1-2H3,(H2,16,17,19)/t12-/m1/s1. The molecule has 1 atom stereocenters. The maximum absolute atomic E-state index is 12.8. The second kappa shape index (κ2) is 9.23. The number of rotatable bonds is 7. The summed E-state index contributed by atoms with van der Waals surface area (Å²) < 4.78 is 17.4. The number of carbonyl (C=O) groups is 2. The van der Waals surface area contributed by atoms with Crippen molar-refractivity contribution in [2.75, 3.05) is 19.1 Å². The third kappa shape index (κ3) is 6.48. The molecule has 0 bridgehead atoms. The quantitative estimate of drug-likeness (QED) is 0.755. The van der Waals surface area contributed by atoms with Gasteiger partial charge in [-0.25, -0.2) is 14.0 Å². The average Bonchev–Trinajstić information content (AvgIpc) is 2.50. The van der Waals surface area contributed by atoms with Crippen molar-refractivity contribution in [2.45, 2.75) is 19.0 Å². The van der Waals surface area contributed by atoms with Crippen molar-refractivity contribution in [1.82, 2.24) is 10.6 Å². The predicted molar refractivity (Wildman–Crippen MR) is 80.6 cm³/mol. The van der Waals surface area contributed by atoms with Gasteiger partial charge in [0.25, 0.3) is 0 Å². The molecule has 0 unspecified atom stereocenters. The van der Waals surface area contributed by atoms with Gasteiger partial charge in [-0.3, -0.25) is 0 Å². The third-order valence-corrected chi connectivity index (χ3v) is 3.41. The summed E-state index contributed by atoms with van der Waals surface area (Å²) in [6.07, 6.45) is 2.42. The molecule has 0 saturated carbocycles. The fourth-order valence-electron chi connectivity index (χ4n) is 1.62. The normalized spacial score (nSPS) is 11.6. The van der Waals surface area contributed by atoms with Gasteiger partial charge >= 0.3 is 12.0 Å². The summed E-state index contributed by atoms with van der Waals surface area (Å²) in [4.78, 5) is 23.3. The molecule has 0 aliphatic heterocycles. The van der Waals surface area contributed by atoms with Crippen LogP contribution in [-0.4, -0.2) is 37.2 Å². The van der Waals surface area contributed by atoms with Gasteiger partial charge in [-0.05, 0) is 36.1 Å². The van der Waals surface area contributed by atoms with Crippen LogP contribution in [0.25, 0.3) is 0 Å². The molecule has 0 heterocycles. The van der Waals surface area contributed by atoms with Crippen LogP contribution in [0.5, 0.6) is 0 Å². The largest absolute Gasteiger partial charge is 0.467 e. The Balaban J connectivity index is 2.45. The number of benzene rings is 1. The predicted octanol–water partition coefficient (Wildman–Crippen LogP) is 1.92. The SMILES string of the molecule is COC(=O)[C@@H](CCSC)NC(=O)NCc1ccc(F)cc1. The maximum Gasteiger partial charge on any atom is 0.328 e. The summed E-state index contributed by atoms with van der Waals surface area (Å²) in [6, 6.07) is 4.68. The third-order valence-electron chi connectivity index (χ3n) is 2.77. The number of urea groups is 1.